The van der Waals surface area contributed by atoms with E-state index in [9.17, 15) is 13.2 Å². The Morgan fingerprint density at radius 1 is 1.10 bits per heavy atom. The van der Waals surface area contributed by atoms with E-state index < -0.39 is 10.0 Å². The Morgan fingerprint density at radius 2 is 1.81 bits per heavy atom. The molecular weight excluding hydrogens is 477 g/mol. The Hall–Kier alpha value is -1.97. The van der Waals surface area contributed by atoms with Crippen molar-refractivity contribution in [3.8, 4) is 11.3 Å². The predicted molar refractivity (Wildman–Crippen MR) is 124 cm³/mol. The molecule has 1 aliphatic heterocycles. The van der Waals surface area contributed by atoms with Gasteiger partial charge in [-0.1, -0.05) is 53.5 Å². The number of anilines is 1. The zero-order valence-electron chi connectivity index (χ0n) is 16.3. The van der Waals surface area contributed by atoms with E-state index in [0.29, 0.717) is 23.0 Å². The van der Waals surface area contributed by atoms with Crippen LogP contribution in [0.25, 0.3) is 11.3 Å². The number of halogens is 2. The summed E-state index contributed by atoms with van der Waals surface area (Å²) in [6.45, 7) is 0.465. The lowest BCUT2D eigenvalue weighted by Crippen LogP contribution is -2.41. The molecule has 0 aliphatic carbocycles. The maximum absolute atomic E-state index is 12.9. The molecule has 0 atom stereocenters. The normalized spacial score (nSPS) is 15.7. The van der Waals surface area contributed by atoms with E-state index in [1.807, 2.05) is 35.7 Å². The molecule has 31 heavy (non-hydrogen) atoms. The summed E-state index contributed by atoms with van der Waals surface area (Å²) in [5, 5.41) is 5.72. The molecule has 6 nitrogen and oxygen atoms in total. The number of sulfonamides is 1. The van der Waals surface area contributed by atoms with Crippen molar-refractivity contribution >= 4 is 55.6 Å². The lowest BCUT2D eigenvalue weighted by Gasteiger charge is -2.30. The van der Waals surface area contributed by atoms with Crippen molar-refractivity contribution in [2.75, 3.05) is 18.4 Å². The van der Waals surface area contributed by atoms with E-state index >= 15 is 0 Å². The number of aromatic nitrogens is 1. The van der Waals surface area contributed by atoms with Crippen molar-refractivity contribution in [2.24, 2.45) is 5.92 Å². The summed E-state index contributed by atoms with van der Waals surface area (Å²) in [7, 11) is -3.78. The van der Waals surface area contributed by atoms with Gasteiger partial charge in [0.25, 0.3) is 0 Å². The number of hydrogen-bond donors (Lipinski definition) is 1. The summed E-state index contributed by atoms with van der Waals surface area (Å²) in [4.78, 5) is 17.2. The van der Waals surface area contributed by atoms with E-state index in [-0.39, 0.29) is 34.8 Å². The molecule has 1 aliphatic rings. The summed E-state index contributed by atoms with van der Waals surface area (Å²) >= 11 is 13.4. The van der Waals surface area contributed by atoms with Gasteiger partial charge < -0.3 is 5.32 Å². The van der Waals surface area contributed by atoms with Crippen LogP contribution in [0.4, 0.5) is 5.13 Å². The highest BCUT2D eigenvalue weighted by Gasteiger charge is 2.33. The first-order chi connectivity index (χ1) is 14.8. The van der Waals surface area contributed by atoms with Gasteiger partial charge in [0.1, 0.15) is 4.90 Å². The van der Waals surface area contributed by atoms with E-state index in [2.05, 4.69) is 10.3 Å². The monoisotopic (exact) mass is 495 g/mol. The van der Waals surface area contributed by atoms with Crippen LogP contribution in [0.2, 0.25) is 10.0 Å². The molecule has 1 fully saturated rings. The lowest BCUT2D eigenvalue weighted by molar-refractivity contribution is -0.120. The highest BCUT2D eigenvalue weighted by atomic mass is 35.5. The van der Waals surface area contributed by atoms with Crippen molar-refractivity contribution in [3.63, 3.8) is 0 Å². The molecule has 1 N–H and O–H groups in total. The second-order valence-corrected chi connectivity index (χ2v) is 10.8. The van der Waals surface area contributed by atoms with E-state index in [1.165, 1.54) is 27.8 Å². The summed E-state index contributed by atoms with van der Waals surface area (Å²) in [5.41, 5.74) is 1.79. The zero-order chi connectivity index (χ0) is 22.0. The van der Waals surface area contributed by atoms with Gasteiger partial charge >= 0.3 is 0 Å². The van der Waals surface area contributed by atoms with Gasteiger partial charge in [0.05, 0.1) is 10.7 Å². The number of nitrogens with one attached hydrogen (secondary N) is 1. The minimum atomic E-state index is -3.78. The third-order valence-electron chi connectivity index (χ3n) is 5.14. The molecule has 3 aromatic rings. The second kappa shape index (κ2) is 9.26. The minimum absolute atomic E-state index is 0.0132. The van der Waals surface area contributed by atoms with Crippen LogP contribution in [0, 0.1) is 5.92 Å². The number of rotatable bonds is 5. The van der Waals surface area contributed by atoms with Crippen LogP contribution in [0.1, 0.15) is 12.8 Å². The van der Waals surface area contributed by atoms with Crippen LogP contribution in [0.3, 0.4) is 0 Å². The molecule has 1 amide bonds. The fraction of sp³-hybridized carbons (Fsp3) is 0.238. The fourth-order valence-corrected chi connectivity index (χ4v) is 6.38. The number of hydrogen-bond acceptors (Lipinski definition) is 5. The third kappa shape index (κ3) is 4.94. The van der Waals surface area contributed by atoms with Gasteiger partial charge in [-0.25, -0.2) is 13.4 Å². The van der Waals surface area contributed by atoms with E-state index in [1.54, 1.807) is 6.07 Å². The number of amides is 1. The highest BCUT2D eigenvalue weighted by Crippen LogP contribution is 2.31. The quantitative estimate of drug-likeness (QED) is 0.530. The number of thiazole rings is 1. The van der Waals surface area contributed by atoms with Gasteiger partial charge in [-0.2, -0.15) is 4.31 Å². The summed E-state index contributed by atoms with van der Waals surface area (Å²) in [5.74, 6) is -0.433. The molecule has 0 saturated carbocycles. The average Bonchev–Trinajstić information content (AvgIpc) is 3.24. The molecule has 1 saturated heterocycles. The molecular formula is C21H19Cl2N3O3S2. The van der Waals surface area contributed by atoms with Crippen molar-refractivity contribution in [1.29, 1.82) is 0 Å². The minimum Gasteiger partial charge on any atom is -0.302 e. The van der Waals surface area contributed by atoms with Crippen LogP contribution >= 0.6 is 34.5 Å². The van der Waals surface area contributed by atoms with Gasteiger partial charge in [0.15, 0.2) is 5.13 Å². The Bertz CT molecular complexity index is 1190. The Morgan fingerprint density at radius 3 is 2.52 bits per heavy atom. The molecule has 4 rings (SSSR count). The SMILES string of the molecule is O=C(Nc1nc(-c2ccccc2)cs1)C1CCN(S(=O)(=O)c2cc(Cl)ccc2Cl)CC1. The molecule has 0 radical (unpaired) electrons. The van der Waals surface area contributed by atoms with Crippen LogP contribution in [0.5, 0.6) is 0 Å². The molecule has 0 bridgehead atoms. The number of nitrogens with zero attached hydrogens (tertiary/aromatic N) is 2. The molecule has 1 aromatic heterocycles. The molecule has 162 valence electrons. The molecule has 10 heteroatoms. The maximum Gasteiger partial charge on any atom is 0.244 e. The standard InChI is InChI=1S/C21H19Cl2N3O3S2/c22-16-6-7-17(23)19(12-16)31(28,29)26-10-8-15(9-11-26)20(27)25-21-24-18(13-30-21)14-4-2-1-3-5-14/h1-7,12-13,15H,8-11H2,(H,24,25,27). The summed E-state index contributed by atoms with van der Waals surface area (Å²) in [6, 6.07) is 14.1. The number of carbonyl (C=O) groups excluding carboxylic acids is 1. The Kier molecular flexibility index (Phi) is 6.64. The van der Waals surface area contributed by atoms with Crippen LogP contribution < -0.4 is 5.32 Å². The van der Waals surface area contributed by atoms with E-state index in [4.69, 9.17) is 23.2 Å². The Labute approximate surface area is 194 Å². The third-order valence-corrected chi connectivity index (χ3v) is 8.51. The van der Waals surface area contributed by atoms with Crippen molar-refractivity contribution in [2.45, 2.75) is 17.7 Å². The van der Waals surface area contributed by atoms with Gasteiger partial charge in [0, 0.05) is 35.0 Å². The molecule has 2 aromatic carbocycles. The largest absolute Gasteiger partial charge is 0.302 e. The number of benzene rings is 2. The van der Waals surface area contributed by atoms with E-state index in [0.717, 1.165) is 11.3 Å². The fourth-order valence-electron chi connectivity index (χ4n) is 3.45. The van der Waals surface area contributed by atoms with Gasteiger partial charge in [-0.3, -0.25) is 4.79 Å². The first-order valence-electron chi connectivity index (χ1n) is 9.61. The van der Waals surface area contributed by atoms with Crippen LogP contribution in [-0.2, 0) is 14.8 Å². The second-order valence-electron chi connectivity index (χ2n) is 7.15. The smallest absolute Gasteiger partial charge is 0.244 e. The average molecular weight is 496 g/mol. The van der Waals surface area contributed by atoms with Crippen molar-refractivity contribution in [1.82, 2.24) is 9.29 Å². The lowest BCUT2D eigenvalue weighted by atomic mass is 9.97. The van der Waals surface area contributed by atoms with Gasteiger partial charge in [0.2, 0.25) is 15.9 Å². The van der Waals surface area contributed by atoms with Crippen LogP contribution in [0.15, 0.2) is 58.8 Å². The van der Waals surface area contributed by atoms with Crippen molar-refractivity contribution < 1.29 is 13.2 Å². The topological polar surface area (TPSA) is 79.4 Å². The van der Waals surface area contributed by atoms with Crippen molar-refractivity contribution in [3.05, 3.63) is 64.0 Å². The first kappa shape index (κ1) is 22.2. The highest BCUT2D eigenvalue weighted by molar-refractivity contribution is 7.89. The molecule has 0 spiro atoms. The van der Waals surface area contributed by atoms with Gasteiger partial charge in [-0.15, -0.1) is 11.3 Å². The Balaban J connectivity index is 1.38. The molecule has 2 heterocycles. The zero-order valence-corrected chi connectivity index (χ0v) is 19.4. The summed E-state index contributed by atoms with van der Waals surface area (Å²) in [6.07, 6.45) is 0.834. The summed E-state index contributed by atoms with van der Waals surface area (Å²) < 4.78 is 27.2. The number of carbonyl (C=O) groups is 1. The molecule has 0 unspecified atom stereocenters. The maximum atomic E-state index is 12.9. The number of piperidine rings is 1. The van der Waals surface area contributed by atoms with Crippen LogP contribution in [-0.4, -0.2) is 36.7 Å². The first-order valence-corrected chi connectivity index (χ1v) is 12.7. The van der Waals surface area contributed by atoms with Gasteiger partial charge in [-0.05, 0) is 31.0 Å². The predicted octanol–water partition coefficient (Wildman–Crippen LogP) is 5.16.